The molecule has 0 aliphatic rings. The van der Waals surface area contributed by atoms with E-state index in [1.165, 1.54) is 6.42 Å². The summed E-state index contributed by atoms with van der Waals surface area (Å²) in [4.78, 5) is 11.1. The summed E-state index contributed by atoms with van der Waals surface area (Å²) in [5, 5.41) is 0. The molecule has 0 heterocycles. The van der Waals surface area contributed by atoms with Gasteiger partial charge in [-0.1, -0.05) is 13.8 Å². The quantitative estimate of drug-likeness (QED) is 0.538. The maximum Gasteiger partial charge on any atom is 0.195 e. The van der Waals surface area contributed by atoms with Crippen LogP contribution in [0.3, 0.4) is 0 Å². The second kappa shape index (κ2) is 7.54. The Morgan fingerprint density at radius 2 is 1.41 bits per heavy atom. The molecule has 0 fully saturated rings. The molecule has 102 valence electrons. The van der Waals surface area contributed by atoms with Crippen molar-refractivity contribution in [3.05, 3.63) is 0 Å². The molecular formula is C13H30N4. The van der Waals surface area contributed by atoms with Crippen molar-refractivity contribution in [2.45, 2.75) is 26.3 Å². The highest BCUT2D eigenvalue weighted by molar-refractivity contribution is 5.79. The normalized spacial score (nSPS) is 12.8. The van der Waals surface area contributed by atoms with Crippen molar-refractivity contribution in [2.24, 2.45) is 10.9 Å². The lowest BCUT2D eigenvalue weighted by Gasteiger charge is -2.27. The molecule has 1 unspecified atom stereocenters. The summed E-state index contributed by atoms with van der Waals surface area (Å²) in [5.74, 6) is 1.74. The van der Waals surface area contributed by atoms with Gasteiger partial charge in [0.05, 0.1) is 6.54 Å². The van der Waals surface area contributed by atoms with Crippen LogP contribution in [0, 0.1) is 5.92 Å². The van der Waals surface area contributed by atoms with Gasteiger partial charge in [0.1, 0.15) is 0 Å². The molecule has 0 rings (SSSR count). The monoisotopic (exact) mass is 242 g/mol. The lowest BCUT2D eigenvalue weighted by molar-refractivity contribution is 0.260. The number of hydrogen-bond donors (Lipinski definition) is 0. The fourth-order valence-electron chi connectivity index (χ4n) is 1.86. The fraction of sp³-hybridized carbons (Fsp3) is 0.923. The maximum absolute atomic E-state index is 4.72. The van der Waals surface area contributed by atoms with Crippen LogP contribution in [0.15, 0.2) is 4.99 Å². The minimum absolute atomic E-state index is 0.518. The van der Waals surface area contributed by atoms with Gasteiger partial charge in [-0.15, -0.1) is 0 Å². The maximum atomic E-state index is 4.72. The SMILES string of the molecule is CC(C)CC(CN=C(N(C)C)N(C)C)N(C)C. The minimum atomic E-state index is 0.518. The number of rotatable bonds is 5. The second-order valence-corrected chi connectivity index (χ2v) is 5.68. The lowest BCUT2D eigenvalue weighted by Crippen LogP contribution is -2.38. The molecule has 0 aliphatic heterocycles. The first-order chi connectivity index (χ1) is 7.75. The van der Waals surface area contributed by atoms with E-state index in [2.05, 4.69) is 42.6 Å². The molecule has 4 heteroatoms. The number of aliphatic imine (C=N–C) groups is 1. The van der Waals surface area contributed by atoms with Gasteiger partial charge in [0.2, 0.25) is 0 Å². The fourth-order valence-corrected chi connectivity index (χ4v) is 1.86. The van der Waals surface area contributed by atoms with E-state index >= 15 is 0 Å². The number of guanidine groups is 1. The van der Waals surface area contributed by atoms with Crippen molar-refractivity contribution in [1.29, 1.82) is 0 Å². The molecule has 1 atom stereocenters. The molecule has 0 radical (unpaired) electrons. The molecule has 0 bridgehead atoms. The molecule has 0 aromatic rings. The molecule has 0 N–H and O–H groups in total. The largest absolute Gasteiger partial charge is 0.349 e. The van der Waals surface area contributed by atoms with Crippen LogP contribution in [-0.4, -0.2) is 75.5 Å². The zero-order valence-electron chi connectivity index (χ0n) is 12.9. The molecule has 0 saturated carbocycles. The van der Waals surface area contributed by atoms with Crippen LogP contribution >= 0.6 is 0 Å². The summed E-state index contributed by atoms with van der Waals surface area (Å²) in [5.41, 5.74) is 0. The molecular weight excluding hydrogens is 212 g/mol. The van der Waals surface area contributed by atoms with E-state index in [0.29, 0.717) is 12.0 Å². The zero-order valence-corrected chi connectivity index (χ0v) is 12.9. The highest BCUT2D eigenvalue weighted by Gasteiger charge is 2.14. The van der Waals surface area contributed by atoms with Crippen molar-refractivity contribution < 1.29 is 0 Å². The van der Waals surface area contributed by atoms with Crippen molar-refractivity contribution in [2.75, 3.05) is 48.8 Å². The number of nitrogens with zero attached hydrogens (tertiary/aromatic N) is 4. The van der Waals surface area contributed by atoms with Crippen molar-refractivity contribution in [3.63, 3.8) is 0 Å². The molecule has 0 saturated heterocycles. The van der Waals surface area contributed by atoms with Gasteiger partial charge in [-0.05, 0) is 26.4 Å². The van der Waals surface area contributed by atoms with E-state index in [0.717, 1.165) is 12.5 Å². The summed E-state index contributed by atoms with van der Waals surface area (Å²) in [6.45, 7) is 5.38. The predicted octanol–water partition coefficient (Wildman–Crippen LogP) is 1.44. The van der Waals surface area contributed by atoms with Crippen LogP contribution < -0.4 is 0 Å². The number of hydrogen-bond acceptors (Lipinski definition) is 2. The average Bonchev–Trinajstić information content (AvgIpc) is 2.14. The van der Waals surface area contributed by atoms with Gasteiger partial charge in [-0.25, -0.2) is 0 Å². The third-order valence-electron chi connectivity index (χ3n) is 2.72. The first-order valence-corrected chi connectivity index (χ1v) is 6.31. The summed E-state index contributed by atoms with van der Waals surface area (Å²) < 4.78 is 0. The number of likely N-dealkylation sites (N-methyl/N-ethyl adjacent to an activating group) is 1. The van der Waals surface area contributed by atoms with E-state index in [4.69, 9.17) is 4.99 Å². The van der Waals surface area contributed by atoms with Crippen molar-refractivity contribution >= 4 is 5.96 Å². The Bertz CT molecular complexity index is 222. The highest BCUT2D eigenvalue weighted by Crippen LogP contribution is 2.09. The minimum Gasteiger partial charge on any atom is -0.349 e. The smallest absolute Gasteiger partial charge is 0.195 e. The summed E-state index contributed by atoms with van der Waals surface area (Å²) in [7, 11) is 12.4. The zero-order chi connectivity index (χ0) is 13.6. The predicted molar refractivity (Wildman–Crippen MR) is 76.6 cm³/mol. The standard InChI is InChI=1S/C13H30N4/c1-11(2)9-12(15(3)4)10-14-13(16(5)6)17(7)8/h11-12H,9-10H2,1-8H3. The van der Waals surface area contributed by atoms with Gasteiger partial charge < -0.3 is 14.7 Å². The van der Waals surface area contributed by atoms with Crippen LogP contribution in [0.2, 0.25) is 0 Å². The third-order valence-corrected chi connectivity index (χ3v) is 2.72. The van der Waals surface area contributed by atoms with Gasteiger partial charge in [0.15, 0.2) is 5.96 Å². The first-order valence-electron chi connectivity index (χ1n) is 6.31. The van der Waals surface area contributed by atoms with Gasteiger partial charge in [0.25, 0.3) is 0 Å². The summed E-state index contributed by atoms with van der Waals surface area (Å²) >= 11 is 0. The first kappa shape index (κ1) is 16.2. The Labute approximate surface area is 107 Å². The van der Waals surface area contributed by atoms with E-state index in [-0.39, 0.29) is 0 Å². The van der Waals surface area contributed by atoms with E-state index in [1.807, 2.05) is 28.2 Å². The molecule has 0 amide bonds. The second-order valence-electron chi connectivity index (χ2n) is 5.68. The highest BCUT2D eigenvalue weighted by atomic mass is 15.3. The van der Waals surface area contributed by atoms with Crippen LogP contribution in [0.1, 0.15) is 20.3 Å². The van der Waals surface area contributed by atoms with Crippen LogP contribution in [0.4, 0.5) is 0 Å². The Kier molecular flexibility index (Phi) is 7.19. The van der Waals surface area contributed by atoms with Gasteiger partial charge in [0, 0.05) is 34.2 Å². The van der Waals surface area contributed by atoms with Crippen LogP contribution in [0.5, 0.6) is 0 Å². The van der Waals surface area contributed by atoms with Gasteiger partial charge in [-0.3, -0.25) is 4.99 Å². The molecule has 0 spiro atoms. The van der Waals surface area contributed by atoms with E-state index < -0.39 is 0 Å². The molecule has 4 nitrogen and oxygen atoms in total. The van der Waals surface area contributed by atoms with Crippen molar-refractivity contribution in [1.82, 2.24) is 14.7 Å². The Hall–Kier alpha value is -0.770. The lowest BCUT2D eigenvalue weighted by atomic mass is 10.0. The average molecular weight is 242 g/mol. The van der Waals surface area contributed by atoms with E-state index in [1.54, 1.807) is 0 Å². The summed E-state index contributed by atoms with van der Waals surface area (Å²) in [6, 6.07) is 0.518. The molecule has 0 aromatic carbocycles. The topological polar surface area (TPSA) is 22.1 Å². The molecule has 17 heavy (non-hydrogen) atoms. The van der Waals surface area contributed by atoms with Crippen LogP contribution in [-0.2, 0) is 0 Å². The molecule has 0 aliphatic carbocycles. The van der Waals surface area contributed by atoms with Gasteiger partial charge in [-0.2, -0.15) is 0 Å². The van der Waals surface area contributed by atoms with Crippen molar-refractivity contribution in [3.8, 4) is 0 Å². The third kappa shape index (κ3) is 6.51. The Morgan fingerprint density at radius 1 is 0.941 bits per heavy atom. The molecule has 0 aromatic heterocycles. The Balaban J connectivity index is 4.59. The van der Waals surface area contributed by atoms with Crippen LogP contribution in [0.25, 0.3) is 0 Å². The van der Waals surface area contributed by atoms with E-state index in [9.17, 15) is 0 Å². The summed E-state index contributed by atoms with van der Waals surface area (Å²) in [6.07, 6.45) is 1.19. The Morgan fingerprint density at radius 3 is 1.71 bits per heavy atom. The van der Waals surface area contributed by atoms with Gasteiger partial charge >= 0.3 is 0 Å².